The Bertz CT molecular complexity index is 422. The number of aromatic nitrogens is 1. The summed E-state index contributed by atoms with van der Waals surface area (Å²) in [5.74, 6) is 0.688. The van der Waals surface area contributed by atoms with E-state index in [0.29, 0.717) is 18.5 Å². The van der Waals surface area contributed by atoms with Crippen LogP contribution in [0, 0.1) is 0 Å². The molecule has 0 aromatic carbocycles. The molecule has 4 nitrogen and oxygen atoms in total. The molecule has 0 fully saturated rings. The normalized spacial score (nSPS) is 11.9. The third kappa shape index (κ3) is 6.20. The molecular formula is C15H25BrN2O2. The molecule has 1 aromatic heterocycles. The van der Waals surface area contributed by atoms with Crippen molar-refractivity contribution >= 4 is 15.9 Å². The molecule has 0 bridgehead atoms. The van der Waals surface area contributed by atoms with Gasteiger partial charge in [0.1, 0.15) is 0 Å². The lowest BCUT2D eigenvalue weighted by molar-refractivity contribution is 0.00499. The summed E-state index contributed by atoms with van der Waals surface area (Å²) in [6, 6.07) is 2.47. The van der Waals surface area contributed by atoms with Crippen LogP contribution in [0.3, 0.4) is 0 Å². The number of rotatable bonds is 8. The first-order chi connectivity index (χ1) is 9.34. The molecule has 114 valence electrons. The van der Waals surface area contributed by atoms with Gasteiger partial charge in [-0.15, -0.1) is 0 Å². The van der Waals surface area contributed by atoms with E-state index in [1.807, 2.05) is 19.9 Å². The van der Waals surface area contributed by atoms with Crippen molar-refractivity contribution in [2.75, 3.05) is 13.7 Å². The summed E-state index contributed by atoms with van der Waals surface area (Å²) < 4.78 is 12.2. The molecule has 1 N–H and O–H groups in total. The molecule has 0 spiro atoms. The Morgan fingerprint density at radius 3 is 2.70 bits per heavy atom. The highest BCUT2D eigenvalue weighted by Gasteiger charge is 2.17. The van der Waals surface area contributed by atoms with E-state index in [0.717, 1.165) is 23.0 Å². The first-order valence-corrected chi connectivity index (χ1v) is 7.69. The molecule has 0 saturated heterocycles. The molecule has 0 radical (unpaired) electrons. The van der Waals surface area contributed by atoms with Crippen LogP contribution in [-0.4, -0.2) is 30.3 Å². The highest BCUT2D eigenvalue weighted by molar-refractivity contribution is 9.10. The van der Waals surface area contributed by atoms with Crippen molar-refractivity contribution < 1.29 is 9.47 Å². The van der Waals surface area contributed by atoms with Gasteiger partial charge in [-0.2, -0.15) is 0 Å². The smallest absolute Gasteiger partial charge is 0.217 e. The van der Waals surface area contributed by atoms with Crippen LogP contribution >= 0.6 is 15.9 Å². The molecule has 0 aliphatic heterocycles. The standard InChI is InChI=1S/C15H25BrN2O2/c1-11(2)17-9-12-8-13(16)10-18-14(12)20-7-6-15(3,4)19-5/h8,10-11,17H,6-7,9H2,1-5H3. The van der Waals surface area contributed by atoms with Gasteiger partial charge in [-0.25, -0.2) is 4.98 Å². The number of hydrogen-bond acceptors (Lipinski definition) is 4. The van der Waals surface area contributed by atoms with Crippen LogP contribution in [0.1, 0.15) is 39.7 Å². The average molecular weight is 345 g/mol. The molecular weight excluding hydrogens is 320 g/mol. The van der Waals surface area contributed by atoms with Gasteiger partial charge in [0, 0.05) is 42.4 Å². The quantitative estimate of drug-likeness (QED) is 0.783. The fraction of sp³-hybridized carbons (Fsp3) is 0.667. The van der Waals surface area contributed by atoms with Gasteiger partial charge >= 0.3 is 0 Å². The maximum Gasteiger partial charge on any atom is 0.217 e. The van der Waals surface area contributed by atoms with Crippen molar-refractivity contribution in [3.8, 4) is 5.88 Å². The van der Waals surface area contributed by atoms with Gasteiger partial charge in [0.05, 0.1) is 12.2 Å². The van der Waals surface area contributed by atoms with Crippen molar-refractivity contribution in [3.63, 3.8) is 0 Å². The number of hydrogen-bond donors (Lipinski definition) is 1. The van der Waals surface area contributed by atoms with Crippen LogP contribution in [-0.2, 0) is 11.3 Å². The lowest BCUT2D eigenvalue weighted by atomic mass is 10.1. The fourth-order valence-electron chi connectivity index (χ4n) is 1.53. The van der Waals surface area contributed by atoms with Crippen LogP contribution in [0.5, 0.6) is 5.88 Å². The molecule has 0 atom stereocenters. The molecule has 1 rings (SSSR count). The van der Waals surface area contributed by atoms with E-state index in [1.165, 1.54) is 0 Å². The van der Waals surface area contributed by atoms with E-state index in [1.54, 1.807) is 13.3 Å². The third-order valence-electron chi connectivity index (χ3n) is 3.09. The largest absolute Gasteiger partial charge is 0.477 e. The second-order valence-electron chi connectivity index (χ2n) is 5.72. The van der Waals surface area contributed by atoms with Crippen molar-refractivity contribution in [2.24, 2.45) is 0 Å². The minimum absolute atomic E-state index is 0.175. The highest BCUT2D eigenvalue weighted by atomic mass is 79.9. The lowest BCUT2D eigenvalue weighted by Crippen LogP contribution is -2.26. The van der Waals surface area contributed by atoms with Crippen molar-refractivity contribution in [1.29, 1.82) is 0 Å². The minimum Gasteiger partial charge on any atom is -0.477 e. The van der Waals surface area contributed by atoms with E-state index in [4.69, 9.17) is 9.47 Å². The van der Waals surface area contributed by atoms with E-state index in [-0.39, 0.29) is 5.60 Å². The zero-order chi connectivity index (χ0) is 15.2. The SMILES string of the molecule is COC(C)(C)CCOc1ncc(Br)cc1CNC(C)C. The molecule has 0 aliphatic carbocycles. The summed E-state index contributed by atoms with van der Waals surface area (Å²) in [6.45, 7) is 9.66. The number of pyridine rings is 1. The van der Waals surface area contributed by atoms with Crippen LogP contribution in [0.15, 0.2) is 16.7 Å². The van der Waals surface area contributed by atoms with Gasteiger partial charge in [-0.1, -0.05) is 13.8 Å². The Balaban J connectivity index is 2.64. The first-order valence-electron chi connectivity index (χ1n) is 6.90. The maximum absolute atomic E-state index is 5.81. The van der Waals surface area contributed by atoms with Crippen molar-refractivity contribution in [1.82, 2.24) is 10.3 Å². The zero-order valence-corrected chi connectivity index (χ0v) is 14.6. The minimum atomic E-state index is -0.175. The lowest BCUT2D eigenvalue weighted by Gasteiger charge is -2.23. The summed E-state index contributed by atoms with van der Waals surface area (Å²) in [4.78, 5) is 4.35. The van der Waals surface area contributed by atoms with Crippen LogP contribution < -0.4 is 10.1 Å². The molecule has 20 heavy (non-hydrogen) atoms. The van der Waals surface area contributed by atoms with Gasteiger partial charge < -0.3 is 14.8 Å². The Labute approximate surface area is 130 Å². The van der Waals surface area contributed by atoms with Gasteiger partial charge in [-0.05, 0) is 35.8 Å². The fourth-order valence-corrected chi connectivity index (χ4v) is 1.91. The number of ether oxygens (including phenoxy) is 2. The van der Waals surface area contributed by atoms with Crippen molar-refractivity contribution in [2.45, 2.75) is 52.3 Å². The highest BCUT2D eigenvalue weighted by Crippen LogP contribution is 2.21. The first kappa shape index (κ1) is 17.4. The van der Waals surface area contributed by atoms with E-state index in [2.05, 4.69) is 40.1 Å². The molecule has 1 heterocycles. The maximum atomic E-state index is 5.81. The van der Waals surface area contributed by atoms with Crippen LogP contribution in [0.25, 0.3) is 0 Å². The van der Waals surface area contributed by atoms with Crippen LogP contribution in [0.2, 0.25) is 0 Å². The summed E-state index contributed by atoms with van der Waals surface area (Å²) in [5.41, 5.74) is 0.884. The molecule has 0 aliphatic rings. The molecule has 0 amide bonds. The molecule has 5 heteroatoms. The number of nitrogens with zero attached hydrogens (tertiary/aromatic N) is 1. The second kappa shape index (κ2) is 7.96. The number of methoxy groups -OCH3 is 1. The second-order valence-corrected chi connectivity index (χ2v) is 6.63. The molecule has 0 unspecified atom stereocenters. The molecule has 1 aromatic rings. The summed E-state index contributed by atoms with van der Waals surface area (Å²) >= 11 is 3.45. The summed E-state index contributed by atoms with van der Waals surface area (Å²) in [6.07, 6.45) is 2.58. The number of halogens is 1. The van der Waals surface area contributed by atoms with Gasteiger partial charge in [-0.3, -0.25) is 0 Å². The van der Waals surface area contributed by atoms with Crippen LogP contribution in [0.4, 0.5) is 0 Å². The van der Waals surface area contributed by atoms with Crippen molar-refractivity contribution in [3.05, 3.63) is 22.3 Å². The molecule has 0 saturated carbocycles. The Morgan fingerprint density at radius 1 is 1.40 bits per heavy atom. The zero-order valence-electron chi connectivity index (χ0n) is 13.0. The third-order valence-corrected chi connectivity index (χ3v) is 3.52. The van der Waals surface area contributed by atoms with E-state index >= 15 is 0 Å². The Hall–Kier alpha value is -0.650. The Morgan fingerprint density at radius 2 is 2.10 bits per heavy atom. The van der Waals surface area contributed by atoms with Gasteiger partial charge in [0.15, 0.2) is 0 Å². The number of nitrogens with one attached hydrogen (secondary N) is 1. The van der Waals surface area contributed by atoms with E-state index < -0.39 is 0 Å². The van der Waals surface area contributed by atoms with Gasteiger partial charge in [0.2, 0.25) is 5.88 Å². The summed E-state index contributed by atoms with van der Waals surface area (Å²) in [5, 5.41) is 3.38. The Kier molecular flexibility index (Phi) is 6.92. The average Bonchev–Trinajstić information content (AvgIpc) is 2.38. The topological polar surface area (TPSA) is 43.4 Å². The predicted molar refractivity (Wildman–Crippen MR) is 85.1 cm³/mol. The van der Waals surface area contributed by atoms with E-state index in [9.17, 15) is 0 Å². The van der Waals surface area contributed by atoms with Gasteiger partial charge in [0.25, 0.3) is 0 Å². The summed E-state index contributed by atoms with van der Waals surface area (Å²) in [7, 11) is 1.72. The monoisotopic (exact) mass is 344 g/mol. The predicted octanol–water partition coefficient (Wildman–Crippen LogP) is 3.54.